The fourth-order valence-electron chi connectivity index (χ4n) is 4.88. The number of amides is 4. The number of rotatable bonds is 5. The fraction of sp³-hybridized carbons (Fsp3) is 0.440. The first-order chi connectivity index (χ1) is 16.2. The zero-order chi connectivity index (χ0) is 24.4. The molecular weight excluding hydrogens is 434 g/mol. The molecule has 180 valence electrons. The maximum Gasteiger partial charge on any atom is 0.318 e. The number of hydrogen-bond donors (Lipinski definition) is 3. The Morgan fingerprint density at radius 1 is 0.941 bits per heavy atom. The van der Waals surface area contributed by atoms with Gasteiger partial charge in [-0.3, -0.25) is 14.4 Å². The van der Waals surface area contributed by atoms with Gasteiger partial charge in [0.2, 0.25) is 11.8 Å². The first kappa shape index (κ1) is 23.5. The lowest BCUT2D eigenvalue weighted by molar-refractivity contribution is -0.119. The molecule has 1 aromatic heterocycles. The molecule has 4 amide bonds. The molecule has 0 aliphatic carbocycles. The normalized spacial score (nSPS) is 19.7. The summed E-state index contributed by atoms with van der Waals surface area (Å²) in [6.07, 6.45) is 0.954. The molecule has 2 aromatic rings. The maximum absolute atomic E-state index is 13.2. The molecule has 2 aliphatic heterocycles. The number of hydrogen-bond acceptors (Lipinski definition) is 4. The van der Waals surface area contributed by atoms with E-state index in [9.17, 15) is 19.2 Å². The number of urea groups is 1. The van der Waals surface area contributed by atoms with Crippen molar-refractivity contribution in [3.8, 4) is 0 Å². The van der Waals surface area contributed by atoms with Crippen molar-refractivity contribution in [3.05, 3.63) is 58.5 Å². The zero-order valence-electron chi connectivity index (χ0n) is 19.7. The summed E-state index contributed by atoms with van der Waals surface area (Å²) in [5, 5.41) is 8.45. The Bertz CT molecular complexity index is 1140. The van der Waals surface area contributed by atoms with Gasteiger partial charge in [-0.05, 0) is 48.6 Å². The summed E-state index contributed by atoms with van der Waals surface area (Å²) >= 11 is 0. The second kappa shape index (κ2) is 9.70. The van der Waals surface area contributed by atoms with E-state index in [0.717, 1.165) is 12.1 Å². The summed E-state index contributed by atoms with van der Waals surface area (Å²) in [5.41, 5.74) is 2.20. The van der Waals surface area contributed by atoms with Crippen LogP contribution in [0.4, 0.5) is 16.2 Å². The number of likely N-dealkylation sites (tertiary alicyclic amines) is 1. The van der Waals surface area contributed by atoms with Crippen LogP contribution in [0.2, 0.25) is 0 Å². The van der Waals surface area contributed by atoms with Crippen LogP contribution in [0.15, 0.2) is 47.3 Å². The number of carbonyl (C=O) groups excluding carboxylic acids is 3. The van der Waals surface area contributed by atoms with Gasteiger partial charge in [0, 0.05) is 55.6 Å². The quantitative estimate of drug-likeness (QED) is 0.630. The number of benzene rings is 1. The lowest BCUT2D eigenvalue weighted by Gasteiger charge is -2.43. The van der Waals surface area contributed by atoms with Crippen molar-refractivity contribution in [2.24, 2.45) is 11.8 Å². The van der Waals surface area contributed by atoms with Crippen LogP contribution in [0.25, 0.3) is 0 Å². The van der Waals surface area contributed by atoms with E-state index in [0.29, 0.717) is 31.0 Å². The Hall–Kier alpha value is -3.62. The number of carbonyl (C=O) groups is 3. The Morgan fingerprint density at radius 2 is 1.62 bits per heavy atom. The predicted octanol–water partition coefficient (Wildman–Crippen LogP) is 2.60. The van der Waals surface area contributed by atoms with Gasteiger partial charge in [-0.1, -0.05) is 19.9 Å². The van der Waals surface area contributed by atoms with Crippen LogP contribution in [0.1, 0.15) is 38.8 Å². The lowest BCUT2D eigenvalue weighted by atomic mass is 9.83. The minimum Gasteiger partial charge on any atom is -0.326 e. The second-order valence-corrected chi connectivity index (χ2v) is 9.52. The highest BCUT2D eigenvalue weighted by Gasteiger charge is 2.37. The summed E-state index contributed by atoms with van der Waals surface area (Å²) < 4.78 is 1.83. The molecule has 1 aromatic carbocycles. The van der Waals surface area contributed by atoms with Crippen molar-refractivity contribution in [2.75, 3.05) is 23.7 Å². The molecule has 2 aliphatic rings. The van der Waals surface area contributed by atoms with Crippen LogP contribution in [-0.4, -0.2) is 46.4 Å². The highest BCUT2D eigenvalue weighted by atomic mass is 16.2. The third-order valence-corrected chi connectivity index (χ3v) is 6.47. The Morgan fingerprint density at radius 3 is 2.26 bits per heavy atom. The average Bonchev–Trinajstić information content (AvgIpc) is 2.78. The summed E-state index contributed by atoms with van der Waals surface area (Å²) in [6.45, 7) is 6.89. The number of anilines is 2. The summed E-state index contributed by atoms with van der Waals surface area (Å²) in [5.74, 6) is -0.265. The fourth-order valence-corrected chi connectivity index (χ4v) is 4.88. The summed E-state index contributed by atoms with van der Waals surface area (Å²) in [7, 11) is 0. The second-order valence-electron chi connectivity index (χ2n) is 9.52. The van der Waals surface area contributed by atoms with E-state index >= 15 is 0 Å². The predicted molar refractivity (Wildman–Crippen MR) is 130 cm³/mol. The van der Waals surface area contributed by atoms with Crippen molar-refractivity contribution in [2.45, 2.75) is 45.7 Å². The third-order valence-electron chi connectivity index (χ3n) is 6.47. The number of aromatic nitrogens is 1. The molecule has 2 bridgehead atoms. The van der Waals surface area contributed by atoms with Gasteiger partial charge in [-0.25, -0.2) is 4.79 Å². The van der Waals surface area contributed by atoms with Gasteiger partial charge < -0.3 is 25.4 Å². The first-order valence-corrected chi connectivity index (χ1v) is 11.6. The van der Waals surface area contributed by atoms with Crippen LogP contribution in [0.3, 0.4) is 0 Å². The van der Waals surface area contributed by atoms with E-state index in [1.54, 1.807) is 41.3 Å². The van der Waals surface area contributed by atoms with Crippen LogP contribution in [-0.2, 0) is 16.1 Å². The van der Waals surface area contributed by atoms with Gasteiger partial charge in [-0.2, -0.15) is 0 Å². The van der Waals surface area contributed by atoms with Gasteiger partial charge in [0.15, 0.2) is 0 Å². The van der Waals surface area contributed by atoms with Crippen LogP contribution < -0.4 is 21.5 Å². The third kappa shape index (κ3) is 5.13. The van der Waals surface area contributed by atoms with Crippen molar-refractivity contribution >= 4 is 29.2 Å². The molecule has 1 fully saturated rings. The number of piperidine rings is 1. The molecule has 9 nitrogen and oxygen atoms in total. The molecule has 0 radical (unpaired) electrons. The molecule has 2 unspecified atom stereocenters. The Balaban J connectivity index is 1.41. The van der Waals surface area contributed by atoms with Gasteiger partial charge >= 0.3 is 6.03 Å². The van der Waals surface area contributed by atoms with E-state index in [2.05, 4.69) is 16.0 Å². The topological polar surface area (TPSA) is 113 Å². The minimum absolute atomic E-state index is 0.00625. The van der Waals surface area contributed by atoms with Crippen molar-refractivity contribution in [1.29, 1.82) is 0 Å². The molecule has 3 atom stereocenters. The monoisotopic (exact) mass is 465 g/mol. The Kier molecular flexibility index (Phi) is 6.72. The maximum atomic E-state index is 13.2. The van der Waals surface area contributed by atoms with E-state index in [4.69, 9.17) is 0 Å². The first-order valence-electron chi connectivity index (χ1n) is 11.6. The van der Waals surface area contributed by atoms with Crippen LogP contribution in [0, 0.1) is 11.8 Å². The molecular formula is C25H31N5O4. The summed E-state index contributed by atoms with van der Waals surface area (Å²) in [6, 6.07) is 11.1. The van der Waals surface area contributed by atoms with E-state index in [1.807, 2.05) is 24.5 Å². The summed E-state index contributed by atoms with van der Waals surface area (Å²) in [4.78, 5) is 51.3. The van der Waals surface area contributed by atoms with Gasteiger partial charge in [0.1, 0.15) is 6.04 Å². The highest BCUT2D eigenvalue weighted by molar-refractivity contribution is 5.97. The van der Waals surface area contributed by atoms with E-state index in [1.165, 1.54) is 6.92 Å². The van der Waals surface area contributed by atoms with Crippen molar-refractivity contribution in [3.63, 3.8) is 0 Å². The minimum atomic E-state index is -0.709. The smallest absolute Gasteiger partial charge is 0.318 e. The van der Waals surface area contributed by atoms with Gasteiger partial charge in [0.25, 0.3) is 5.56 Å². The van der Waals surface area contributed by atoms with Crippen molar-refractivity contribution in [1.82, 2.24) is 14.8 Å². The standard InChI is InChI=1S/C25H31N5O4/c1-15(2)23(24(33)27-20-9-7-19(8-10-20)26-16(3)31)28-25(34)29-12-17-11-18(14-29)21-5-4-6-22(32)30(21)13-17/h4-10,15,17-18,23H,11-14H2,1-3H3,(H,26,31)(H,27,33)(H,28,34)/t17?,18?,23-/m0/s1. The number of fused-ring (bicyclic) bond motifs is 4. The van der Waals surface area contributed by atoms with Gasteiger partial charge in [-0.15, -0.1) is 0 Å². The lowest BCUT2D eigenvalue weighted by Crippen LogP contribution is -2.56. The largest absolute Gasteiger partial charge is 0.326 e. The molecule has 9 heteroatoms. The Labute approximate surface area is 198 Å². The molecule has 1 saturated heterocycles. The number of nitrogens with one attached hydrogen (secondary N) is 3. The van der Waals surface area contributed by atoms with Crippen LogP contribution >= 0.6 is 0 Å². The average molecular weight is 466 g/mol. The zero-order valence-corrected chi connectivity index (χ0v) is 19.7. The molecule has 0 saturated carbocycles. The molecule has 0 spiro atoms. The van der Waals surface area contributed by atoms with Gasteiger partial charge in [0.05, 0.1) is 0 Å². The SMILES string of the molecule is CC(=O)Nc1ccc(NC(=O)[C@@H](NC(=O)N2CC3CC(C2)c2cccc(=O)n2C3)C(C)C)cc1. The van der Waals surface area contributed by atoms with Crippen LogP contribution in [0.5, 0.6) is 0 Å². The molecule has 4 rings (SSSR count). The number of nitrogens with zero attached hydrogens (tertiary/aromatic N) is 2. The highest BCUT2D eigenvalue weighted by Crippen LogP contribution is 2.35. The number of pyridine rings is 1. The molecule has 34 heavy (non-hydrogen) atoms. The van der Waals surface area contributed by atoms with E-state index < -0.39 is 6.04 Å². The van der Waals surface area contributed by atoms with E-state index in [-0.39, 0.29) is 41.2 Å². The molecule has 3 heterocycles. The van der Waals surface area contributed by atoms with Crippen molar-refractivity contribution < 1.29 is 14.4 Å². The molecule has 3 N–H and O–H groups in total.